The van der Waals surface area contributed by atoms with Crippen molar-refractivity contribution in [2.24, 2.45) is 0 Å². The van der Waals surface area contributed by atoms with Crippen LogP contribution in [0.1, 0.15) is 22.3 Å². The Morgan fingerprint density at radius 2 is 0.592 bits per heavy atom. The molecule has 0 spiro atoms. The zero-order valence-corrected chi connectivity index (χ0v) is 27.1. The Balaban J connectivity index is 1.11. The lowest BCUT2D eigenvalue weighted by Crippen LogP contribution is -2.28. The molecule has 0 N–H and O–H groups in total. The first-order chi connectivity index (χ1) is 24.3. The Morgan fingerprint density at radius 1 is 0.224 bits per heavy atom. The zero-order chi connectivity index (χ0) is 32.6. The Hall–Kier alpha value is -6.24. The van der Waals surface area contributed by atoms with Gasteiger partial charge in [0.25, 0.3) is 0 Å². The highest BCUT2D eigenvalue weighted by Crippen LogP contribution is 2.56. The molecule has 0 amide bonds. The quantitative estimate of drug-likeness (QED) is 0.173. The molecule has 1 aliphatic rings. The summed E-state index contributed by atoms with van der Waals surface area (Å²) < 4.78 is 0. The van der Waals surface area contributed by atoms with Crippen molar-refractivity contribution in [3.05, 3.63) is 229 Å². The van der Waals surface area contributed by atoms with Gasteiger partial charge in [-0.15, -0.1) is 0 Å². The van der Waals surface area contributed by atoms with Crippen LogP contribution in [0.2, 0.25) is 0 Å². The van der Waals surface area contributed by atoms with Crippen LogP contribution in [0.4, 0.5) is 0 Å². The maximum absolute atomic E-state index is 2.44. The molecular weight excluding hydrogens is 589 g/mol. The van der Waals surface area contributed by atoms with E-state index in [1.807, 2.05) is 0 Å². The normalized spacial score (nSPS) is 12.7. The topological polar surface area (TPSA) is 0 Å². The Labute approximate surface area is 288 Å². The fraction of sp³-hybridized carbons (Fsp3) is 0.0204. The van der Waals surface area contributed by atoms with E-state index in [0.717, 1.165) is 0 Å². The van der Waals surface area contributed by atoms with Crippen molar-refractivity contribution in [1.29, 1.82) is 0 Å². The molecule has 0 atom stereocenters. The van der Waals surface area contributed by atoms with Gasteiger partial charge in [0.2, 0.25) is 0 Å². The highest BCUT2D eigenvalue weighted by atomic mass is 14.5. The predicted molar refractivity (Wildman–Crippen MR) is 205 cm³/mol. The number of rotatable bonds is 6. The lowest BCUT2D eigenvalue weighted by molar-refractivity contribution is 0.769. The minimum atomic E-state index is -0.407. The van der Waals surface area contributed by atoms with E-state index in [0.29, 0.717) is 0 Å². The molecule has 1 aliphatic carbocycles. The van der Waals surface area contributed by atoms with Crippen molar-refractivity contribution in [3.8, 4) is 55.6 Å². The van der Waals surface area contributed by atoms with Crippen LogP contribution in [0.3, 0.4) is 0 Å². The molecular formula is C49H34. The highest BCUT2D eigenvalue weighted by Gasteiger charge is 2.46. The molecule has 0 heteroatoms. The van der Waals surface area contributed by atoms with Crippen molar-refractivity contribution in [2.45, 2.75) is 5.41 Å². The third-order valence-electron chi connectivity index (χ3n) is 10.2. The monoisotopic (exact) mass is 622 g/mol. The summed E-state index contributed by atoms with van der Waals surface area (Å²) in [5.41, 5.74) is 17.2. The third kappa shape index (κ3) is 4.93. The van der Waals surface area contributed by atoms with Gasteiger partial charge in [-0.3, -0.25) is 0 Å². The smallest absolute Gasteiger partial charge is 0.0622 e. The second kappa shape index (κ2) is 12.1. The van der Waals surface area contributed by atoms with E-state index in [1.54, 1.807) is 0 Å². The molecule has 0 radical (unpaired) electrons. The maximum atomic E-state index is 2.44. The molecule has 8 aromatic carbocycles. The number of hydrogen-bond acceptors (Lipinski definition) is 0. The molecule has 9 rings (SSSR count). The van der Waals surface area contributed by atoms with Gasteiger partial charge in [0.1, 0.15) is 0 Å². The second-order valence-corrected chi connectivity index (χ2v) is 12.9. The summed E-state index contributed by atoms with van der Waals surface area (Å²) in [6, 6.07) is 75.4. The fourth-order valence-corrected chi connectivity index (χ4v) is 7.87. The molecule has 49 heavy (non-hydrogen) atoms. The first-order valence-electron chi connectivity index (χ1n) is 17.0. The van der Waals surface area contributed by atoms with Gasteiger partial charge in [-0.2, -0.15) is 0 Å². The van der Waals surface area contributed by atoms with Crippen LogP contribution in [0, 0.1) is 0 Å². The van der Waals surface area contributed by atoms with E-state index in [4.69, 9.17) is 0 Å². The van der Waals surface area contributed by atoms with Crippen LogP contribution in [0.15, 0.2) is 206 Å². The van der Waals surface area contributed by atoms with Gasteiger partial charge in [-0.1, -0.05) is 188 Å². The largest absolute Gasteiger partial charge is 0.0713 e. The van der Waals surface area contributed by atoms with Crippen LogP contribution in [-0.4, -0.2) is 0 Å². The maximum Gasteiger partial charge on any atom is 0.0713 e. The summed E-state index contributed by atoms with van der Waals surface area (Å²) in [4.78, 5) is 0. The van der Waals surface area contributed by atoms with Gasteiger partial charge in [0, 0.05) is 0 Å². The molecule has 0 saturated heterocycles. The fourth-order valence-electron chi connectivity index (χ4n) is 7.87. The minimum Gasteiger partial charge on any atom is -0.0622 e. The lowest BCUT2D eigenvalue weighted by Gasteiger charge is -2.34. The number of benzene rings is 8. The number of hydrogen-bond donors (Lipinski definition) is 0. The molecule has 0 nitrogen and oxygen atoms in total. The van der Waals surface area contributed by atoms with Gasteiger partial charge in [0.15, 0.2) is 0 Å². The third-order valence-corrected chi connectivity index (χ3v) is 10.2. The molecule has 0 heterocycles. The van der Waals surface area contributed by atoms with Crippen molar-refractivity contribution in [2.75, 3.05) is 0 Å². The summed E-state index contributed by atoms with van der Waals surface area (Å²) in [7, 11) is 0. The van der Waals surface area contributed by atoms with Crippen LogP contribution in [-0.2, 0) is 5.41 Å². The van der Waals surface area contributed by atoms with Gasteiger partial charge < -0.3 is 0 Å². The number of fused-ring (bicyclic) bond motifs is 3. The molecule has 0 bridgehead atoms. The molecule has 0 aliphatic heterocycles. The highest BCUT2D eigenvalue weighted by molar-refractivity contribution is 5.89. The Kier molecular flexibility index (Phi) is 7.14. The average Bonchev–Trinajstić information content (AvgIpc) is 3.49. The molecule has 8 aromatic rings. The summed E-state index contributed by atoms with van der Waals surface area (Å²) in [6.07, 6.45) is 0. The van der Waals surface area contributed by atoms with Crippen molar-refractivity contribution in [1.82, 2.24) is 0 Å². The van der Waals surface area contributed by atoms with Crippen LogP contribution in [0.25, 0.3) is 55.6 Å². The average molecular weight is 623 g/mol. The predicted octanol–water partition coefficient (Wildman–Crippen LogP) is 12.7. The van der Waals surface area contributed by atoms with E-state index in [2.05, 4.69) is 206 Å². The molecule has 230 valence electrons. The summed E-state index contributed by atoms with van der Waals surface area (Å²) in [5, 5.41) is 0. The molecule has 0 aromatic heterocycles. The van der Waals surface area contributed by atoms with E-state index < -0.39 is 5.41 Å². The minimum absolute atomic E-state index is 0.407. The molecule has 0 fully saturated rings. The van der Waals surface area contributed by atoms with Gasteiger partial charge in [0.05, 0.1) is 5.41 Å². The zero-order valence-electron chi connectivity index (χ0n) is 27.1. The first kappa shape index (κ1) is 28.9. The van der Waals surface area contributed by atoms with Gasteiger partial charge in [-0.25, -0.2) is 0 Å². The van der Waals surface area contributed by atoms with E-state index >= 15 is 0 Å². The Morgan fingerprint density at radius 3 is 1.14 bits per heavy atom. The van der Waals surface area contributed by atoms with E-state index in [9.17, 15) is 0 Å². The van der Waals surface area contributed by atoms with Crippen LogP contribution < -0.4 is 0 Å². The van der Waals surface area contributed by atoms with E-state index in [-0.39, 0.29) is 0 Å². The SMILES string of the molecule is c1ccc(-c2cccc(-c3ccc(-c4cccc(-c5ccc6c(c5)C(c5ccccc5)(c5ccccc5)c5ccccc5-6)c4)cc3)c2)cc1. The van der Waals surface area contributed by atoms with Gasteiger partial charge in [-0.05, 0) is 96.1 Å². The first-order valence-corrected chi connectivity index (χ1v) is 17.0. The summed E-state index contributed by atoms with van der Waals surface area (Å²) >= 11 is 0. The lowest BCUT2D eigenvalue weighted by atomic mass is 9.67. The van der Waals surface area contributed by atoms with E-state index in [1.165, 1.54) is 77.9 Å². The van der Waals surface area contributed by atoms with Crippen LogP contribution >= 0.6 is 0 Å². The summed E-state index contributed by atoms with van der Waals surface area (Å²) in [6.45, 7) is 0. The molecule has 0 saturated carbocycles. The molecule has 0 unspecified atom stereocenters. The van der Waals surface area contributed by atoms with Crippen molar-refractivity contribution < 1.29 is 0 Å². The standard InChI is InChI=1S/C49H34/c1-4-14-35(15-5-1)38-16-12-17-39(32-38)36-26-28-37(29-27-36)40-18-13-19-41(33-40)42-30-31-46-45-24-10-11-25-47(45)49(48(46)34-42,43-20-6-2-7-21-43)44-22-8-3-9-23-44/h1-34H. The van der Waals surface area contributed by atoms with Crippen LogP contribution in [0.5, 0.6) is 0 Å². The van der Waals surface area contributed by atoms with Gasteiger partial charge >= 0.3 is 0 Å². The van der Waals surface area contributed by atoms with Crippen molar-refractivity contribution >= 4 is 0 Å². The van der Waals surface area contributed by atoms with Crippen molar-refractivity contribution in [3.63, 3.8) is 0 Å². The summed E-state index contributed by atoms with van der Waals surface area (Å²) in [5.74, 6) is 0. The second-order valence-electron chi connectivity index (χ2n) is 12.9. The Bertz CT molecular complexity index is 2360.